The quantitative estimate of drug-likeness (QED) is 0.671. The van der Waals surface area contributed by atoms with Gasteiger partial charge in [0.15, 0.2) is 11.7 Å². The molecule has 2 amide bonds. The zero-order valence-electron chi connectivity index (χ0n) is 13.9. The highest BCUT2D eigenvalue weighted by molar-refractivity contribution is 5.93. The highest BCUT2D eigenvalue weighted by Crippen LogP contribution is 2.26. The summed E-state index contributed by atoms with van der Waals surface area (Å²) in [7, 11) is 0. The third-order valence-electron chi connectivity index (χ3n) is 3.54. The van der Waals surface area contributed by atoms with Crippen LogP contribution in [-0.4, -0.2) is 21.8 Å². The molecule has 0 bridgehead atoms. The zero-order chi connectivity index (χ0) is 19.2. The van der Waals surface area contributed by atoms with Gasteiger partial charge in [0.25, 0.3) is 5.91 Å². The number of hydrogen-bond acceptors (Lipinski definition) is 5. The lowest BCUT2D eigenvalue weighted by molar-refractivity contribution is -0.121. The van der Waals surface area contributed by atoms with Crippen molar-refractivity contribution >= 4 is 11.8 Å². The molecule has 0 radical (unpaired) electrons. The first-order valence-corrected chi connectivity index (χ1v) is 7.94. The van der Waals surface area contributed by atoms with Crippen molar-refractivity contribution in [3.05, 3.63) is 72.0 Å². The topological polar surface area (TPSA) is 97.1 Å². The second kappa shape index (κ2) is 8.17. The highest BCUT2D eigenvalue weighted by atomic mass is 19.1. The molecule has 27 heavy (non-hydrogen) atoms. The molecule has 0 spiro atoms. The normalized spacial score (nSPS) is 10.4. The maximum absolute atomic E-state index is 13.7. The van der Waals surface area contributed by atoms with E-state index in [-0.39, 0.29) is 35.7 Å². The van der Waals surface area contributed by atoms with Gasteiger partial charge < -0.3 is 4.42 Å². The molecule has 0 aliphatic carbocycles. The van der Waals surface area contributed by atoms with Crippen molar-refractivity contribution in [2.24, 2.45) is 0 Å². The molecule has 0 atom stereocenters. The molecule has 0 fully saturated rings. The average molecular weight is 372 g/mol. The molecule has 0 aliphatic heterocycles. The summed E-state index contributed by atoms with van der Waals surface area (Å²) in [6, 6.07) is 8.26. The van der Waals surface area contributed by atoms with Crippen LogP contribution in [-0.2, 0) is 11.2 Å². The van der Waals surface area contributed by atoms with Crippen LogP contribution in [0.3, 0.4) is 0 Å². The van der Waals surface area contributed by atoms with Gasteiger partial charge >= 0.3 is 0 Å². The molecule has 3 rings (SSSR count). The van der Waals surface area contributed by atoms with Gasteiger partial charge in [0, 0.05) is 19.0 Å². The van der Waals surface area contributed by atoms with Crippen LogP contribution in [0.25, 0.3) is 11.3 Å². The number of pyridine rings is 1. The Balaban J connectivity index is 1.53. The number of amides is 2. The van der Waals surface area contributed by atoms with Crippen LogP contribution in [0.15, 0.2) is 53.2 Å². The van der Waals surface area contributed by atoms with E-state index < -0.39 is 23.4 Å². The lowest BCUT2D eigenvalue weighted by Gasteiger charge is -2.06. The highest BCUT2D eigenvalue weighted by Gasteiger charge is 2.16. The van der Waals surface area contributed by atoms with Crippen molar-refractivity contribution in [3.8, 4) is 11.3 Å². The molecule has 138 valence electrons. The van der Waals surface area contributed by atoms with Crippen LogP contribution >= 0.6 is 0 Å². The van der Waals surface area contributed by atoms with Gasteiger partial charge in [-0.3, -0.25) is 25.4 Å². The van der Waals surface area contributed by atoms with Crippen molar-refractivity contribution < 1.29 is 22.8 Å². The molecule has 0 saturated heterocycles. The Morgan fingerprint density at radius 3 is 2.48 bits per heavy atom. The second-order valence-electron chi connectivity index (χ2n) is 5.43. The second-order valence-corrected chi connectivity index (χ2v) is 5.43. The number of halogens is 2. The summed E-state index contributed by atoms with van der Waals surface area (Å²) in [5, 5.41) is 0. The maximum atomic E-state index is 13.7. The monoisotopic (exact) mass is 372 g/mol. The number of aromatic nitrogens is 2. The summed E-state index contributed by atoms with van der Waals surface area (Å²) >= 11 is 0. The number of hydrazine groups is 1. The number of hydrogen-bond donors (Lipinski definition) is 2. The Hall–Kier alpha value is -3.62. The van der Waals surface area contributed by atoms with Crippen LogP contribution in [0.4, 0.5) is 8.78 Å². The number of oxazole rings is 1. The van der Waals surface area contributed by atoms with Crippen molar-refractivity contribution in [3.63, 3.8) is 0 Å². The number of carbonyl (C=O) groups is 2. The largest absolute Gasteiger partial charge is 0.441 e. The fourth-order valence-electron chi connectivity index (χ4n) is 2.25. The molecular formula is C18H14F2N4O3. The summed E-state index contributed by atoms with van der Waals surface area (Å²) in [6.07, 6.45) is 2.68. The van der Waals surface area contributed by atoms with Gasteiger partial charge in [-0.2, -0.15) is 0 Å². The molecule has 0 saturated carbocycles. The van der Waals surface area contributed by atoms with Crippen LogP contribution in [0.1, 0.15) is 22.8 Å². The predicted molar refractivity (Wildman–Crippen MR) is 90.0 cm³/mol. The third-order valence-corrected chi connectivity index (χ3v) is 3.54. The molecule has 0 unspecified atom stereocenters. The van der Waals surface area contributed by atoms with E-state index in [9.17, 15) is 18.4 Å². The van der Waals surface area contributed by atoms with Crippen LogP contribution < -0.4 is 10.9 Å². The number of rotatable bonds is 5. The van der Waals surface area contributed by atoms with E-state index in [0.717, 1.165) is 12.1 Å². The van der Waals surface area contributed by atoms with E-state index in [1.807, 2.05) is 0 Å². The number of benzene rings is 1. The van der Waals surface area contributed by atoms with Gasteiger partial charge in [-0.1, -0.05) is 12.1 Å². The smallest absolute Gasteiger partial charge is 0.288 e. The lowest BCUT2D eigenvalue weighted by Crippen LogP contribution is -2.42. The van der Waals surface area contributed by atoms with Gasteiger partial charge in [0.05, 0.1) is 11.8 Å². The molecule has 9 heteroatoms. The van der Waals surface area contributed by atoms with E-state index >= 15 is 0 Å². The fraction of sp³-hybridized carbons (Fsp3) is 0.111. The summed E-state index contributed by atoms with van der Waals surface area (Å²) in [5.74, 6) is -2.52. The van der Waals surface area contributed by atoms with E-state index in [0.29, 0.717) is 0 Å². The number of nitrogens with zero attached hydrogens (tertiary/aromatic N) is 2. The number of carbonyl (C=O) groups excluding carboxylic acids is 2. The van der Waals surface area contributed by atoms with E-state index in [4.69, 9.17) is 4.42 Å². The minimum Gasteiger partial charge on any atom is -0.441 e. The molecule has 2 heterocycles. The van der Waals surface area contributed by atoms with Gasteiger partial charge in [-0.25, -0.2) is 13.8 Å². The summed E-state index contributed by atoms with van der Waals surface area (Å²) < 4.78 is 32.8. The van der Waals surface area contributed by atoms with Crippen molar-refractivity contribution in [2.75, 3.05) is 0 Å². The summed E-state index contributed by atoms with van der Waals surface area (Å²) in [4.78, 5) is 31.3. The standard InChI is InChI=1S/C18H14F2N4O3/c19-11-4-3-5-12(20)17(11)14-10-22-16(27-14)8-7-15(25)23-24-18(26)13-6-1-2-9-21-13/h1-6,9-10H,7-8H2,(H,23,25)(H,24,26). The minimum atomic E-state index is -0.771. The Labute approximate surface area is 152 Å². The van der Waals surface area contributed by atoms with E-state index in [2.05, 4.69) is 20.8 Å². The SMILES string of the molecule is O=C(CCc1ncc(-c2c(F)cccc2F)o1)NNC(=O)c1ccccn1. The minimum absolute atomic E-state index is 0.0534. The first-order chi connectivity index (χ1) is 13.0. The van der Waals surface area contributed by atoms with Crippen molar-refractivity contribution in [1.29, 1.82) is 0 Å². The molecule has 0 aliphatic rings. The van der Waals surface area contributed by atoms with E-state index in [1.54, 1.807) is 12.1 Å². The molecular weight excluding hydrogens is 358 g/mol. The van der Waals surface area contributed by atoms with Crippen LogP contribution in [0.2, 0.25) is 0 Å². The van der Waals surface area contributed by atoms with Gasteiger partial charge in [-0.15, -0.1) is 0 Å². The first kappa shape index (κ1) is 18.2. The van der Waals surface area contributed by atoms with E-state index in [1.165, 1.54) is 24.5 Å². The predicted octanol–water partition coefficient (Wildman–Crippen LogP) is 2.41. The number of nitrogens with one attached hydrogen (secondary N) is 2. The fourth-order valence-corrected chi connectivity index (χ4v) is 2.25. The average Bonchev–Trinajstić information content (AvgIpc) is 3.13. The Morgan fingerprint density at radius 2 is 1.78 bits per heavy atom. The Kier molecular flexibility index (Phi) is 5.50. The molecule has 2 N–H and O–H groups in total. The Morgan fingerprint density at radius 1 is 1.00 bits per heavy atom. The Bertz CT molecular complexity index is 940. The van der Waals surface area contributed by atoms with Crippen LogP contribution in [0, 0.1) is 11.6 Å². The summed E-state index contributed by atoms with van der Waals surface area (Å²) in [6.45, 7) is 0. The van der Waals surface area contributed by atoms with Crippen molar-refractivity contribution in [1.82, 2.24) is 20.8 Å². The van der Waals surface area contributed by atoms with Gasteiger partial charge in [0.1, 0.15) is 17.3 Å². The van der Waals surface area contributed by atoms with Gasteiger partial charge in [-0.05, 0) is 24.3 Å². The zero-order valence-corrected chi connectivity index (χ0v) is 13.9. The van der Waals surface area contributed by atoms with Gasteiger partial charge in [0.2, 0.25) is 5.91 Å². The first-order valence-electron chi connectivity index (χ1n) is 7.94. The number of aryl methyl sites for hydroxylation is 1. The molecule has 3 aromatic rings. The van der Waals surface area contributed by atoms with Crippen LogP contribution in [0.5, 0.6) is 0 Å². The lowest BCUT2D eigenvalue weighted by atomic mass is 10.1. The third kappa shape index (κ3) is 4.51. The molecule has 7 nitrogen and oxygen atoms in total. The molecule has 1 aromatic carbocycles. The summed E-state index contributed by atoms with van der Waals surface area (Å²) in [5.41, 5.74) is 4.31. The maximum Gasteiger partial charge on any atom is 0.288 e. The van der Waals surface area contributed by atoms with Crippen molar-refractivity contribution in [2.45, 2.75) is 12.8 Å². The molecule has 2 aromatic heterocycles.